The molecule has 1 aliphatic rings. The fourth-order valence-electron chi connectivity index (χ4n) is 2.16. The van der Waals surface area contributed by atoms with Crippen molar-refractivity contribution in [2.24, 2.45) is 4.99 Å². The van der Waals surface area contributed by atoms with E-state index in [9.17, 15) is 0 Å². The van der Waals surface area contributed by atoms with Gasteiger partial charge in [0.25, 0.3) is 0 Å². The molecule has 0 aliphatic carbocycles. The fraction of sp³-hybridized carbons (Fsp3) is 0.143. The number of aromatic nitrogens is 1. The molecule has 96 valence electrons. The molecule has 2 heterocycles. The van der Waals surface area contributed by atoms with Gasteiger partial charge in [-0.25, -0.2) is 4.99 Å². The molecule has 0 amide bonds. The van der Waals surface area contributed by atoms with Crippen LogP contribution in [-0.2, 0) is 0 Å². The molecule has 1 aromatic carbocycles. The quantitative estimate of drug-likeness (QED) is 0.776. The normalized spacial score (nSPS) is 14.1. The van der Waals surface area contributed by atoms with Crippen molar-refractivity contribution >= 4 is 45.4 Å². The smallest absolute Gasteiger partial charge is 0.126 e. The van der Waals surface area contributed by atoms with Gasteiger partial charge in [0.2, 0.25) is 0 Å². The molecule has 0 spiro atoms. The SMILES string of the molecule is Cc1ncccc1N1CC(Cl)=Nc2ccc(Cl)cc21. The second-order valence-corrected chi connectivity index (χ2v) is 5.19. The largest absolute Gasteiger partial charge is 0.331 e. The maximum absolute atomic E-state index is 6.14. The van der Waals surface area contributed by atoms with E-state index in [-0.39, 0.29) is 0 Å². The Morgan fingerprint density at radius 3 is 2.79 bits per heavy atom. The van der Waals surface area contributed by atoms with Gasteiger partial charge >= 0.3 is 0 Å². The highest BCUT2D eigenvalue weighted by atomic mass is 35.5. The van der Waals surface area contributed by atoms with Crippen LogP contribution in [0.4, 0.5) is 17.1 Å². The summed E-state index contributed by atoms with van der Waals surface area (Å²) in [7, 11) is 0. The minimum atomic E-state index is 0.529. The van der Waals surface area contributed by atoms with Gasteiger partial charge in [-0.15, -0.1) is 0 Å². The summed E-state index contributed by atoms with van der Waals surface area (Å²) in [6.45, 7) is 2.50. The van der Waals surface area contributed by atoms with Gasteiger partial charge in [-0.05, 0) is 37.3 Å². The van der Waals surface area contributed by atoms with Crippen LogP contribution >= 0.6 is 23.2 Å². The highest BCUT2D eigenvalue weighted by Crippen LogP contribution is 2.39. The second kappa shape index (κ2) is 4.83. The summed E-state index contributed by atoms with van der Waals surface area (Å²) in [5.41, 5.74) is 3.73. The fourth-order valence-corrected chi connectivity index (χ4v) is 2.54. The van der Waals surface area contributed by atoms with Crippen LogP contribution in [0.5, 0.6) is 0 Å². The van der Waals surface area contributed by atoms with Crippen LogP contribution in [-0.4, -0.2) is 16.7 Å². The van der Waals surface area contributed by atoms with Crippen molar-refractivity contribution in [2.45, 2.75) is 6.92 Å². The zero-order chi connectivity index (χ0) is 13.4. The summed E-state index contributed by atoms with van der Waals surface area (Å²) in [5, 5.41) is 1.23. The average molecular weight is 292 g/mol. The first-order chi connectivity index (χ1) is 9.15. The van der Waals surface area contributed by atoms with Crippen LogP contribution < -0.4 is 4.90 Å². The molecule has 0 atom stereocenters. The van der Waals surface area contributed by atoms with Gasteiger partial charge in [0, 0.05) is 11.2 Å². The number of fused-ring (bicyclic) bond motifs is 1. The third-order valence-electron chi connectivity index (χ3n) is 3.03. The summed E-state index contributed by atoms with van der Waals surface area (Å²) >= 11 is 12.2. The van der Waals surface area contributed by atoms with E-state index in [1.54, 1.807) is 6.20 Å². The number of hydrogen-bond acceptors (Lipinski definition) is 3. The summed E-state index contributed by atoms with van der Waals surface area (Å²) in [5.74, 6) is 0. The predicted molar refractivity (Wildman–Crippen MR) is 80.4 cm³/mol. The van der Waals surface area contributed by atoms with Crippen LogP contribution in [0.2, 0.25) is 5.02 Å². The Balaban J connectivity index is 2.17. The topological polar surface area (TPSA) is 28.5 Å². The van der Waals surface area contributed by atoms with Gasteiger partial charge in [-0.2, -0.15) is 0 Å². The predicted octanol–water partition coefficient (Wildman–Crippen LogP) is 4.46. The number of rotatable bonds is 1. The molecule has 0 saturated carbocycles. The lowest BCUT2D eigenvalue weighted by molar-refractivity contribution is 1.06. The Labute approximate surface area is 121 Å². The third-order valence-corrected chi connectivity index (χ3v) is 3.47. The van der Waals surface area contributed by atoms with Crippen LogP contribution in [0, 0.1) is 6.92 Å². The van der Waals surface area contributed by atoms with E-state index in [1.807, 2.05) is 37.3 Å². The number of pyridine rings is 1. The second-order valence-electron chi connectivity index (χ2n) is 4.32. The van der Waals surface area contributed by atoms with Crippen molar-refractivity contribution in [1.29, 1.82) is 0 Å². The van der Waals surface area contributed by atoms with Gasteiger partial charge < -0.3 is 4.90 Å². The van der Waals surface area contributed by atoms with Gasteiger partial charge in [0.05, 0.1) is 29.3 Å². The summed E-state index contributed by atoms with van der Waals surface area (Å²) < 4.78 is 0. The number of benzene rings is 1. The molecule has 1 aliphatic heterocycles. The van der Waals surface area contributed by atoms with Crippen molar-refractivity contribution in [3.8, 4) is 0 Å². The lowest BCUT2D eigenvalue weighted by Crippen LogP contribution is -2.26. The Morgan fingerprint density at radius 2 is 2.00 bits per heavy atom. The number of anilines is 2. The van der Waals surface area contributed by atoms with E-state index in [4.69, 9.17) is 23.2 Å². The molecule has 5 heteroatoms. The Morgan fingerprint density at radius 1 is 1.16 bits per heavy atom. The van der Waals surface area contributed by atoms with E-state index in [0.717, 1.165) is 22.8 Å². The Kier molecular flexibility index (Phi) is 3.17. The van der Waals surface area contributed by atoms with Crippen LogP contribution in [0.3, 0.4) is 0 Å². The zero-order valence-electron chi connectivity index (χ0n) is 10.3. The first-order valence-corrected chi connectivity index (χ1v) is 6.62. The number of aryl methyl sites for hydroxylation is 1. The standard InChI is InChI=1S/C14H11Cl2N3/c1-9-12(3-2-6-17-9)19-8-14(16)18-11-5-4-10(15)7-13(11)19/h2-7H,8H2,1H3. The molecule has 0 unspecified atom stereocenters. The number of halogens is 2. The molecule has 0 bridgehead atoms. The molecule has 2 aromatic rings. The van der Waals surface area contributed by atoms with E-state index in [1.165, 1.54) is 0 Å². The van der Waals surface area contributed by atoms with E-state index >= 15 is 0 Å². The first kappa shape index (κ1) is 12.5. The van der Waals surface area contributed by atoms with Crippen molar-refractivity contribution in [1.82, 2.24) is 4.98 Å². The van der Waals surface area contributed by atoms with E-state index in [2.05, 4.69) is 14.9 Å². The average Bonchev–Trinajstić information content (AvgIpc) is 2.39. The molecule has 0 fully saturated rings. The van der Waals surface area contributed by atoms with Crippen molar-refractivity contribution in [3.05, 3.63) is 47.2 Å². The van der Waals surface area contributed by atoms with Gasteiger partial charge in [0.1, 0.15) is 5.17 Å². The summed E-state index contributed by atoms with van der Waals surface area (Å²) in [4.78, 5) is 10.8. The lowest BCUT2D eigenvalue weighted by Gasteiger charge is -2.29. The van der Waals surface area contributed by atoms with Gasteiger partial charge in [-0.1, -0.05) is 23.2 Å². The molecule has 3 rings (SSSR count). The Hall–Kier alpha value is -1.58. The third kappa shape index (κ3) is 2.31. The molecule has 3 nitrogen and oxygen atoms in total. The minimum absolute atomic E-state index is 0.529. The highest BCUT2D eigenvalue weighted by molar-refractivity contribution is 6.66. The molecule has 1 aromatic heterocycles. The van der Waals surface area contributed by atoms with Gasteiger partial charge in [-0.3, -0.25) is 4.98 Å². The summed E-state index contributed by atoms with van der Waals surface area (Å²) in [6, 6.07) is 9.51. The van der Waals surface area contributed by atoms with Crippen LogP contribution in [0.25, 0.3) is 0 Å². The van der Waals surface area contributed by atoms with Crippen molar-refractivity contribution < 1.29 is 0 Å². The number of nitrogens with zero attached hydrogens (tertiary/aromatic N) is 3. The van der Waals surface area contributed by atoms with Crippen LogP contribution in [0.15, 0.2) is 41.5 Å². The molecule has 0 N–H and O–H groups in total. The first-order valence-electron chi connectivity index (χ1n) is 5.87. The summed E-state index contributed by atoms with van der Waals surface area (Å²) in [6.07, 6.45) is 1.78. The van der Waals surface area contributed by atoms with Crippen molar-refractivity contribution in [3.63, 3.8) is 0 Å². The Bertz CT molecular complexity index is 667. The van der Waals surface area contributed by atoms with Crippen molar-refractivity contribution in [2.75, 3.05) is 11.4 Å². The molecule has 0 radical (unpaired) electrons. The molecular formula is C14H11Cl2N3. The highest BCUT2D eigenvalue weighted by Gasteiger charge is 2.21. The zero-order valence-corrected chi connectivity index (χ0v) is 11.8. The maximum atomic E-state index is 6.14. The monoisotopic (exact) mass is 291 g/mol. The maximum Gasteiger partial charge on any atom is 0.126 e. The molecule has 0 saturated heterocycles. The molecular weight excluding hydrogens is 281 g/mol. The van der Waals surface area contributed by atoms with E-state index < -0.39 is 0 Å². The van der Waals surface area contributed by atoms with E-state index in [0.29, 0.717) is 16.7 Å². The number of hydrogen-bond donors (Lipinski definition) is 0. The minimum Gasteiger partial charge on any atom is -0.331 e. The van der Waals surface area contributed by atoms with Gasteiger partial charge in [0.15, 0.2) is 0 Å². The molecule has 19 heavy (non-hydrogen) atoms. The number of aliphatic imine (C=N–C) groups is 1. The lowest BCUT2D eigenvalue weighted by atomic mass is 10.2. The van der Waals surface area contributed by atoms with Crippen LogP contribution in [0.1, 0.15) is 5.69 Å².